The van der Waals surface area contributed by atoms with Crippen LogP contribution in [0.4, 0.5) is 11.4 Å². The lowest BCUT2D eigenvalue weighted by atomic mass is 10.1. The summed E-state index contributed by atoms with van der Waals surface area (Å²) in [7, 11) is 0. The second-order valence-corrected chi connectivity index (χ2v) is 4.61. The Bertz CT molecular complexity index is 663. The number of para-hydroxylation sites is 2. The molecular formula is C16H16N2O2. The highest BCUT2D eigenvalue weighted by Gasteiger charge is 2.07. The highest BCUT2D eigenvalue weighted by atomic mass is 16.3. The van der Waals surface area contributed by atoms with Crippen molar-refractivity contribution >= 4 is 11.4 Å². The number of nitrogens with zero attached hydrogens (tertiary/aromatic N) is 2. The zero-order valence-electron chi connectivity index (χ0n) is 11.2. The molecule has 0 unspecified atom stereocenters. The van der Waals surface area contributed by atoms with Gasteiger partial charge in [0, 0.05) is 5.56 Å². The first-order valence-corrected chi connectivity index (χ1v) is 6.23. The van der Waals surface area contributed by atoms with Crippen molar-refractivity contribution in [3.05, 3.63) is 60.2 Å². The molecule has 0 aliphatic heterocycles. The van der Waals surface area contributed by atoms with Crippen LogP contribution in [-0.4, -0.2) is 10.2 Å². The van der Waals surface area contributed by atoms with E-state index in [1.165, 1.54) is 6.07 Å². The molecule has 0 amide bonds. The maximum absolute atomic E-state index is 10.1. The Kier molecular flexibility index (Phi) is 4.15. The van der Waals surface area contributed by atoms with Gasteiger partial charge in [0.1, 0.15) is 22.9 Å². The molecule has 0 atom stereocenters. The van der Waals surface area contributed by atoms with Gasteiger partial charge < -0.3 is 10.2 Å². The molecule has 4 heteroatoms. The highest BCUT2D eigenvalue weighted by Crippen LogP contribution is 2.34. The number of allylic oxidation sites excluding steroid dienone is 1. The van der Waals surface area contributed by atoms with Crippen LogP contribution in [0.1, 0.15) is 12.5 Å². The van der Waals surface area contributed by atoms with E-state index in [9.17, 15) is 10.2 Å². The van der Waals surface area contributed by atoms with Gasteiger partial charge in [-0.1, -0.05) is 36.4 Å². The molecule has 0 saturated carbocycles. The summed E-state index contributed by atoms with van der Waals surface area (Å²) >= 11 is 0. The van der Waals surface area contributed by atoms with Gasteiger partial charge >= 0.3 is 0 Å². The summed E-state index contributed by atoms with van der Waals surface area (Å²) in [6, 6.07) is 11.9. The lowest BCUT2D eigenvalue weighted by Crippen LogP contribution is -1.86. The van der Waals surface area contributed by atoms with Crippen LogP contribution in [0.25, 0.3) is 0 Å². The second kappa shape index (κ2) is 6.02. The second-order valence-electron chi connectivity index (χ2n) is 4.61. The monoisotopic (exact) mass is 268 g/mol. The topological polar surface area (TPSA) is 65.2 Å². The minimum Gasteiger partial charge on any atom is -0.506 e. The molecule has 2 aromatic carbocycles. The SMILES string of the molecule is C=C(C)Cc1cccc(N=Nc2ccccc2O)c1O. The number of hydrogen-bond donors (Lipinski definition) is 2. The average Bonchev–Trinajstić information content (AvgIpc) is 2.41. The minimum atomic E-state index is 0.0498. The van der Waals surface area contributed by atoms with Gasteiger partial charge in [-0.3, -0.25) is 0 Å². The Balaban J connectivity index is 2.30. The van der Waals surface area contributed by atoms with E-state index in [0.29, 0.717) is 17.8 Å². The van der Waals surface area contributed by atoms with Gasteiger partial charge in [0.2, 0.25) is 0 Å². The predicted octanol–water partition coefficient (Wildman–Crippen LogP) is 4.63. The normalized spacial score (nSPS) is 10.8. The lowest BCUT2D eigenvalue weighted by molar-refractivity contribution is 0.469. The van der Waals surface area contributed by atoms with Gasteiger partial charge in [0.15, 0.2) is 0 Å². The van der Waals surface area contributed by atoms with Crippen LogP contribution in [-0.2, 0) is 6.42 Å². The molecular weight excluding hydrogens is 252 g/mol. The molecule has 0 aromatic heterocycles. The average molecular weight is 268 g/mol. The number of azo groups is 1. The van der Waals surface area contributed by atoms with Crippen molar-refractivity contribution < 1.29 is 10.2 Å². The molecule has 2 N–H and O–H groups in total. The van der Waals surface area contributed by atoms with Crippen molar-refractivity contribution in [3.63, 3.8) is 0 Å². The molecule has 2 aromatic rings. The first kappa shape index (κ1) is 13.8. The van der Waals surface area contributed by atoms with Crippen molar-refractivity contribution in [3.8, 4) is 11.5 Å². The van der Waals surface area contributed by atoms with E-state index in [1.54, 1.807) is 30.3 Å². The third kappa shape index (κ3) is 3.23. The summed E-state index contributed by atoms with van der Waals surface area (Å²) in [4.78, 5) is 0. The molecule has 0 spiro atoms. The van der Waals surface area contributed by atoms with Crippen LogP contribution in [0.5, 0.6) is 11.5 Å². The number of aromatic hydroxyl groups is 2. The van der Waals surface area contributed by atoms with E-state index < -0.39 is 0 Å². The molecule has 4 nitrogen and oxygen atoms in total. The quantitative estimate of drug-likeness (QED) is 0.627. The zero-order chi connectivity index (χ0) is 14.5. The number of benzene rings is 2. The first-order valence-electron chi connectivity index (χ1n) is 6.23. The van der Waals surface area contributed by atoms with E-state index in [1.807, 2.05) is 13.0 Å². The third-order valence-electron chi connectivity index (χ3n) is 2.74. The summed E-state index contributed by atoms with van der Waals surface area (Å²) in [5, 5.41) is 27.7. The molecule has 0 heterocycles. The highest BCUT2D eigenvalue weighted by molar-refractivity contribution is 5.56. The maximum Gasteiger partial charge on any atom is 0.146 e. The van der Waals surface area contributed by atoms with Gasteiger partial charge in [0.25, 0.3) is 0 Å². The third-order valence-corrected chi connectivity index (χ3v) is 2.74. The molecule has 0 saturated heterocycles. The zero-order valence-corrected chi connectivity index (χ0v) is 11.2. The van der Waals surface area contributed by atoms with Crippen molar-refractivity contribution in [2.75, 3.05) is 0 Å². The lowest BCUT2D eigenvalue weighted by Gasteiger charge is -2.06. The molecule has 102 valence electrons. The summed E-state index contributed by atoms with van der Waals surface area (Å²) in [6.07, 6.45) is 0.589. The Labute approximate surface area is 117 Å². The first-order chi connectivity index (χ1) is 9.58. The fraction of sp³-hybridized carbons (Fsp3) is 0.125. The van der Waals surface area contributed by atoms with Crippen molar-refractivity contribution in [1.29, 1.82) is 0 Å². The van der Waals surface area contributed by atoms with Crippen LogP contribution < -0.4 is 0 Å². The molecule has 0 bridgehead atoms. The van der Waals surface area contributed by atoms with E-state index in [4.69, 9.17) is 0 Å². The van der Waals surface area contributed by atoms with E-state index in [2.05, 4.69) is 16.8 Å². The molecule has 0 aliphatic carbocycles. The van der Waals surface area contributed by atoms with Gasteiger partial charge in [-0.25, -0.2) is 0 Å². The van der Waals surface area contributed by atoms with Gasteiger partial charge in [-0.15, -0.1) is 10.2 Å². The Morgan fingerprint density at radius 1 is 1.00 bits per heavy atom. The van der Waals surface area contributed by atoms with E-state index in [0.717, 1.165) is 11.1 Å². The van der Waals surface area contributed by atoms with Crippen molar-refractivity contribution in [2.45, 2.75) is 13.3 Å². The van der Waals surface area contributed by atoms with Crippen LogP contribution >= 0.6 is 0 Å². The van der Waals surface area contributed by atoms with Crippen LogP contribution in [0.15, 0.2) is 64.8 Å². The number of rotatable bonds is 4. The fourth-order valence-corrected chi connectivity index (χ4v) is 1.78. The maximum atomic E-state index is 10.1. The van der Waals surface area contributed by atoms with E-state index >= 15 is 0 Å². The summed E-state index contributed by atoms with van der Waals surface area (Å²) in [5.74, 6) is 0.142. The largest absolute Gasteiger partial charge is 0.506 e. The number of phenolic OH excluding ortho intramolecular Hbond substituents is 2. The van der Waals surface area contributed by atoms with E-state index in [-0.39, 0.29) is 11.5 Å². The van der Waals surface area contributed by atoms with Crippen LogP contribution in [0, 0.1) is 0 Å². The van der Waals surface area contributed by atoms with Crippen LogP contribution in [0.3, 0.4) is 0 Å². The molecule has 0 fully saturated rings. The predicted molar refractivity (Wildman–Crippen MR) is 78.9 cm³/mol. The number of hydrogen-bond acceptors (Lipinski definition) is 4. The fourth-order valence-electron chi connectivity index (χ4n) is 1.78. The molecule has 20 heavy (non-hydrogen) atoms. The number of phenols is 2. The Morgan fingerprint density at radius 3 is 2.35 bits per heavy atom. The van der Waals surface area contributed by atoms with Gasteiger partial charge in [-0.05, 0) is 31.5 Å². The molecule has 0 aliphatic rings. The molecule has 0 radical (unpaired) electrons. The smallest absolute Gasteiger partial charge is 0.146 e. The Hall–Kier alpha value is -2.62. The van der Waals surface area contributed by atoms with Crippen molar-refractivity contribution in [1.82, 2.24) is 0 Å². The molecule has 2 rings (SSSR count). The van der Waals surface area contributed by atoms with Crippen molar-refractivity contribution in [2.24, 2.45) is 10.2 Å². The summed E-state index contributed by atoms with van der Waals surface area (Å²) in [6.45, 7) is 5.73. The van der Waals surface area contributed by atoms with Crippen LogP contribution in [0.2, 0.25) is 0 Å². The van der Waals surface area contributed by atoms with Gasteiger partial charge in [0.05, 0.1) is 0 Å². The van der Waals surface area contributed by atoms with Gasteiger partial charge in [-0.2, -0.15) is 0 Å². The summed E-state index contributed by atoms with van der Waals surface area (Å²) in [5.41, 5.74) is 2.44. The standard InChI is InChI=1S/C16H16N2O2/c1-11(2)10-12-6-5-8-14(16(12)20)18-17-13-7-3-4-9-15(13)19/h3-9,19-20H,1,10H2,2H3. The summed E-state index contributed by atoms with van der Waals surface area (Å²) < 4.78 is 0. The Morgan fingerprint density at radius 2 is 1.65 bits per heavy atom. The minimum absolute atomic E-state index is 0.0498.